The highest BCUT2D eigenvalue weighted by Crippen LogP contribution is 2.25. The third-order valence-electron chi connectivity index (χ3n) is 3.31. The molecule has 0 aliphatic rings. The van der Waals surface area contributed by atoms with Crippen LogP contribution in [0.2, 0.25) is 0 Å². The lowest BCUT2D eigenvalue weighted by atomic mass is 10.1. The lowest BCUT2D eigenvalue weighted by Gasteiger charge is -2.07. The molecule has 1 unspecified atom stereocenters. The van der Waals surface area contributed by atoms with Gasteiger partial charge >= 0.3 is 0 Å². The van der Waals surface area contributed by atoms with E-state index < -0.39 is 10.8 Å². The molecule has 6 heteroatoms. The SMILES string of the molecule is COc1ccc(C=CC(=O)Nc2ccc(S(C)=O)cc2)c(OC)c1. The fourth-order valence-electron chi connectivity index (χ4n) is 2.04. The first kappa shape index (κ1) is 17.7. The van der Waals surface area contributed by atoms with Crippen LogP contribution >= 0.6 is 0 Å². The van der Waals surface area contributed by atoms with Gasteiger partial charge in [0.2, 0.25) is 5.91 Å². The Morgan fingerprint density at radius 2 is 1.79 bits per heavy atom. The molecule has 2 rings (SSSR count). The lowest BCUT2D eigenvalue weighted by molar-refractivity contribution is -0.111. The summed E-state index contributed by atoms with van der Waals surface area (Å²) in [7, 11) is 2.11. The number of hydrogen-bond donors (Lipinski definition) is 1. The summed E-state index contributed by atoms with van der Waals surface area (Å²) >= 11 is 0. The van der Waals surface area contributed by atoms with Crippen molar-refractivity contribution in [3.05, 3.63) is 54.1 Å². The molecule has 0 heterocycles. The third kappa shape index (κ3) is 4.70. The Hall–Kier alpha value is -2.60. The van der Waals surface area contributed by atoms with Crippen LogP contribution in [0.15, 0.2) is 53.4 Å². The second-order valence-corrected chi connectivity index (χ2v) is 6.29. The smallest absolute Gasteiger partial charge is 0.248 e. The fraction of sp³-hybridized carbons (Fsp3) is 0.167. The first-order valence-electron chi connectivity index (χ1n) is 7.18. The van der Waals surface area contributed by atoms with E-state index in [2.05, 4.69) is 5.32 Å². The number of ether oxygens (including phenoxy) is 2. The molecule has 1 N–H and O–H groups in total. The zero-order chi connectivity index (χ0) is 17.5. The molecule has 1 atom stereocenters. The van der Waals surface area contributed by atoms with Gasteiger partial charge in [-0.15, -0.1) is 0 Å². The van der Waals surface area contributed by atoms with Crippen LogP contribution in [-0.4, -0.2) is 30.6 Å². The van der Waals surface area contributed by atoms with E-state index in [9.17, 15) is 9.00 Å². The van der Waals surface area contributed by atoms with Gasteiger partial charge in [-0.05, 0) is 42.5 Å². The van der Waals surface area contributed by atoms with Gasteiger partial charge in [-0.2, -0.15) is 0 Å². The molecule has 1 amide bonds. The van der Waals surface area contributed by atoms with E-state index in [1.54, 1.807) is 62.9 Å². The standard InChI is InChI=1S/C18H19NO4S/c1-22-15-8-4-13(17(12-15)23-2)5-11-18(20)19-14-6-9-16(10-7-14)24(3)21/h4-12H,1-3H3,(H,19,20). The molecule has 0 saturated heterocycles. The van der Waals surface area contributed by atoms with Gasteiger partial charge in [-0.3, -0.25) is 9.00 Å². The first-order valence-corrected chi connectivity index (χ1v) is 8.74. The number of anilines is 1. The molecular formula is C18H19NO4S. The summed E-state index contributed by atoms with van der Waals surface area (Å²) in [5.41, 5.74) is 1.41. The number of benzene rings is 2. The van der Waals surface area contributed by atoms with Crippen molar-refractivity contribution in [2.75, 3.05) is 25.8 Å². The summed E-state index contributed by atoms with van der Waals surface area (Å²) in [5.74, 6) is 1.04. The predicted molar refractivity (Wildman–Crippen MR) is 96.0 cm³/mol. The Kier molecular flexibility index (Phi) is 6.14. The van der Waals surface area contributed by atoms with Crippen LogP contribution in [0.5, 0.6) is 11.5 Å². The molecule has 2 aromatic carbocycles. The van der Waals surface area contributed by atoms with Crippen molar-refractivity contribution in [1.29, 1.82) is 0 Å². The van der Waals surface area contributed by atoms with Crippen molar-refractivity contribution in [2.24, 2.45) is 0 Å². The minimum Gasteiger partial charge on any atom is -0.497 e. The zero-order valence-electron chi connectivity index (χ0n) is 13.7. The van der Waals surface area contributed by atoms with Crippen LogP contribution in [-0.2, 0) is 15.6 Å². The van der Waals surface area contributed by atoms with Crippen molar-refractivity contribution in [3.63, 3.8) is 0 Å². The van der Waals surface area contributed by atoms with E-state index >= 15 is 0 Å². The molecule has 0 aliphatic carbocycles. The van der Waals surface area contributed by atoms with E-state index in [4.69, 9.17) is 9.47 Å². The minimum absolute atomic E-state index is 0.266. The van der Waals surface area contributed by atoms with Gasteiger partial charge in [0.1, 0.15) is 11.5 Å². The molecule has 0 fully saturated rings. The fourth-order valence-corrected chi connectivity index (χ4v) is 2.55. The van der Waals surface area contributed by atoms with Crippen LogP contribution < -0.4 is 14.8 Å². The molecule has 2 aromatic rings. The topological polar surface area (TPSA) is 64.6 Å². The largest absolute Gasteiger partial charge is 0.497 e. The first-order chi connectivity index (χ1) is 11.5. The average Bonchev–Trinajstić information content (AvgIpc) is 2.60. The van der Waals surface area contributed by atoms with Gasteiger partial charge in [0.25, 0.3) is 0 Å². The number of amides is 1. The number of nitrogens with one attached hydrogen (secondary N) is 1. The van der Waals surface area contributed by atoms with Gasteiger partial charge in [-0.1, -0.05) is 0 Å². The van der Waals surface area contributed by atoms with Crippen LogP contribution in [0.1, 0.15) is 5.56 Å². The van der Waals surface area contributed by atoms with Crippen molar-refractivity contribution < 1.29 is 18.5 Å². The Morgan fingerprint density at radius 3 is 2.38 bits per heavy atom. The molecule has 0 aliphatic heterocycles. The maximum absolute atomic E-state index is 12.0. The summed E-state index contributed by atoms with van der Waals surface area (Å²) in [5, 5.41) is 2.75. The highest BCUT2D eigenvalue weighted by Gasteiger charge is 2.04. The van der Waals surface area contributed by atoms with Crippen molar-refractivity contribution in [3.8, 4) is 11.5 Å². The van der Waals surface area contributed by atoms with Gasteiger partial charge in [0, 0.05) is 45.3 Å². The number of hydrogen-bond acceptors (Lipinski definition) is 4. The molecule has 24 heavy (non-hydrogen) atoms. The highest BCUT2D eigenvalue weighted by molar-refractivity contribution is 7.84. The summed E-state index contributed by atoms with van der Waals surface area (Å²) < 4.78 is 21.8. The predicted octanol–water partition coefficient (Wildman–Crippen LogP) is 3.09. The monoisotopic (exact) mass is 345 g/mol. The second-order valence-electron chi connectivity index (χ2n) is 4.91. The van der Waals surface area contributed by atoms with Crippen LogP contribution in [0.4, 0.5) is 5.69 Å². The zero-order valence-corrected chi connectivity index (χ0v) is 14.6. The summed E-state index contributed by atoms with van der Waals surface area (Å²) in [6, 6.07) is 12.2. The van der Waals surface area contributed by atoms with E-state index in [0.29, 0.717) is 22.1 Å². The summed E-state index contributed by atoms with van der Waals surface area (Å²) in [6.45, 7) is 0. The van der Waals surface area contributed by atoms with Crippen molar-refractivity contribution >= 4 is 28.5 Å². The number of rotatable bonds is 6. The van der Waals surface area contributed by atoms with E-state index in [1.807, 2.05) is 6.07 Å². The van der Waals surface area contributed by atoms with E-state index in [0.717, 1.165) is 5.56 Å². The average molecular weight is 345 g/mol. The molecular weight excluding hydrogens is 326 g/mol. The van der Waals surface area contributed by atoms with Gasteiger partial charge in [-0.25, -0.2) is 0 Å². The molecule has 0 spiro atoms. The number of methoxy groups -OCH3 is 2. The summed E-state index contributed by atoms with van der Waals surface area (Å²) in [4.78, 5) is 12.7. The maximum Gasteiger partial charge on any atom is 0.248 e. The Morgan fingerprint density at radius 1 is 1.08 bits per heavy atom. The van der Waals surface area contributed by atoms with Crippen LogP contribution in [0, 0.1) is 0 Å². The van der Waals surface area contributed by atoms with Gasteiger partial charge in [0.15, 0.2) is 0 Å². The Balaban J connectivity index is 2.06. The normalized spacial score (nSPS) is 12.0. The molecule has 126 valence electrons. The second kappa shape index (κ2) is 8.31. The Bertz CT molecular complexity index is 769. The molecule has 0 radical (unpaired) electrons. The maximum atomic E-state index is 12.0. The van der Waals surface area contributed by atoms with Crippen LogP contribution in [0.3, 0.4) is 0 Å². The van der Waals surface area contributed by atoms with Crippen molar-refractivity contribution in [2.45, 2.75) is 4.90 Å². The molecule has 0 aromatic heterocycles. The van der Waals surface area contributed by atoms with E-state index in [-0.39, 0.29) is 5.91 Å². The lowest BCUT2D eigenvalue weighted by Crippen LogP contribution is -2.07. The highest BCUT2D eigenvalue weighted by atomic mass is 32.2. The summed E-state index contributed by atoms with van der Waals surface area (Å²) in [6.07, 6.45) is 4.71. The van der Waals surface area contributed by atoms with Crippen LogP contribution in [0.25, 0.3) is 6.08 Å². The molecule has 0 bridgehead atoms. The van der Waals surface area contributed by atoms with Crippen molar-refractivity contribution in [1.82, 2.24) is 0 Å². The quantitative estimate of drug-likeness (QED) is 0.817. The third-order valence-corrected chi connectivity index (χ3v) is 4.24. The Labute approximate surface area is 143 Å². The molecule has 0 saturated carbocycles. The van der Waals surface area contributed by atoms with Gasteiger partial charge in [0.05, 0.1) is 14.2 Å². The van der Waals surface area contributed by atoms with Gasteiger partial charge < -0.3 is 14.8 Å². The minimum atomic E-state index is -1.04. The molecule has 5 nitrogen and oxygen atoms in total. The van der Waals surface area contributed by atoms with E-state index in [1.165, 1.54) is 6.08 Å². The number of carbonyl (C=O) groups is 1. The number of carbonyl (C=O) groups excluding carboxylic acids is 1.